The number of nitrogens with one attached hydrogen (secondary N) is 1. The molecule has 1 heterocycles. The lowest BCUT2D eigenvalue weighted by atomic mass is 9.83. The summed E-state index contributed by atoms with van der Waals surface area (Å²) in [5, 5.41) is 14.1. The Balaban J connectivity index is 1.61. The standard InChI is InChI=1S/C26H31N3O4/c1-18(21-12-14-22(15-13-21)29(32)33)28-24(17-20-10-6-3-7-11-20)25(30)27-23(26(28)31)16-19-8-4-2-5-9-19/h2,4-5,8-9,12-15,18,20,23-24H,3,6-7,10-11,16-17H2,1H3,(H,27,30)/t18?,23-,24-/m0/s1. The highest BCUT2D eigenvalue weighted by atomic mass is 16.6. The van der Waals surface area contributed by atoms with E-state index < -0.39 is 17.0 Å². The predicted octanol–water partition coefficient (Wildman–Crippen LogP) is 4.56. The molecule has 33 heavy (non-hydrogen) atoms. The number of nitrogens with zero attached hydrogens (tertiary/aromatic N) is 2. The summed E-state index contributed by atoms with van der Waals surface area (Å²) in [5.41, 5.74) is 1.79. The molecular weight excluding hydrogens is 418 g/mol. The highest BCUT2D eigenvalue weighted by molar-refractivity contribution is 5.97. The minimum Gasteiger partial charge on any atom is -0.342 e. The van der Waals surface area contributed by atoms with Crippen LogP contribution >= 0.6 is 0 Å². The van der Waals surface area contributed by atoms with Crippen molar-refractivity contribution in [2.75, 3.05) is 0 Å². The number of carbonyl (C=O) groups excluding carboxylic acids is 2. The lowest BCUT2D eigenvalue weighted by Crippen LogP contribution is -2.64. The summed E-state index contributed by atoms with van der Waals surface area (Å²) in [6.45, 7) is 1.91. The molecule has 2 aromatic rings. The summed E-state index contributed by atoms with van der Waals surface area (Å²) in [6, 6.07) is 14.5. The number of amides is 2. The van der Waals surface area contributed by atoms with Crippen molar-refractivity contribution < 1.29 is 14.5 Å². The Kier molecular flexibility index (Phi) is 7.06. The smallest absolute Gasteiger partial charge is 0.269 e. The topological polar surface area (TPSA) is 92.6 Å². The summed E-state index contributed by atoms with van der Waals surface area (Å²) in [4.78, 5) is 39.4. The van der Waals surface area contributed by atoms with Gasteiger partial charge in [-0.2, -0.15) is 0 Å². The van der Waals surface area contributed by atoms with Gasteiger partial charge in [-0.25, -0.2) is 0 Å². The molecule has 2 aliphatic rings. The van der Waals surface area contributed by atoms with Crippen molar-refractivity contribution in [3.63, 3.8) is 0 Å². The molecule has 174 valence electrons. The first kappa shape index (κ1) is 23.0. The Morgan fingerprint density at radius 3 is 2.33 bits per heavy atom. The summed E-state index contributed by atoms with van der Waals surface area (Å²) in [5.74, 6) is 0.236. The number of benzene rings is 2. The van der Waals surface area contributed by atoms with E-state index in [1.165, 1.54) is 31.4 Å². The Bertz CT molecular complexity index is 986. The molecule has 7 heteroatoms. The van der Waals surface area contributed by atoms with Gasteiger partial charge in [0, 0.05) is 18.6 Å². The first-order valence-corrected chi connectivity index (χ1v) is 11.8. The minimum atomic E-state index is -0.622. The number of nitro groups is 1. The third-order valence-corrected chi connectivity index (χ3v) is 7.08. The molecule has 1 aliphatic heterocycles. The van der Waals surface area contributed by atoms with E-state index >= 15 is 0 Å². The zero-order valence-corrected chi connectivity index (χ0v) is 19.0. The van der Waals surface area contributed by atoms with Crippen LogP contribution in [-0.2, 0) is 16.0 Å². The summed E-state index contributed by atoms with van der Waals surface area (Å²) in [6.07, 6.45) is 6.84. The van der Waals surface area contributed by atoms with Gasteiger partial charge in [0.15, 0.2) is 0 Å². The molecule has 0 bridgehead atoms. The van der Waals surface area contributed by atoms with Crippen LogP contribution in [0.2, 0.25) is 0 Å². The molecule has 2 amide bonds. The zero-order chi connectivity index (χ0) is 23.4. The molecule has 7 nitrogen and oxygen atoms in total. The molecule has 1 saturated carbocycles. The van der Waals surface area contributed by atoms with Gasteiger partial charge in [0.05, 0.1) is 11.0 Å². The normalized spacial score (nSPS) is 22.6. The van der Waals surface area contributed by atoms with Crippen LogP contribution in [0.15, 0.2) is 54.6 Å². The lowest BCUT2D eigenvalue weighted by Gasteiger charge is -2.44. The monoisotopic (exact) mass is 449 g/mol. The summed E-state index contributed by atoms with van der Waals surface area (Å²) < 4.78 is 0. The van der Waals surface area contributed by atoms with Crippen LogP contribution in [-0.4, -0.2) is 33.7 Å². The van der Waals surface area contributed by atoms with E-state index in [1.807, 2.05) is 37.3 Å². The largest absolute Gasteiger partial charge is 0.342 e. The minimum absolute atomic E-state index is 0.00868. The highest BCUT2D eigenvalue weighted by Crippen LogP contribution is 2.34. The van der Waals surface area contributed by atoms with Gasteiger partial charge in [0.1, 0.15) is 12.1 Å². The van der Waals surface area contributed by atoms with Crippen molar-refractivity contribution in [1.29, 1.82) is 0 Å². The fourth-order valence-corrected chi connectivity index (χ4v) is 5.23. The Labute approximate surface area is 194 Å². The zero-order valence-electron chi connectivity index (χ0n) is 19.0. The maximum absolute atomic E-state index is 13.7. The molecule has 1 N–H and O–H groups in total. The van der Waals surface area contributed by atoms with Gasteiger partial charge < -0.3 is 10.2 Å². The number of nitro benzene ring substituents is 1. The fraction of sp³-hybridized carbons (Fsp3) is 0.462. The van der Waals surface area contributed by atoms with Gasteiger partial charge in [0.2, 0.25) is 11.8 Å². The van der Waals surface area contributed by atoms with Gasteiger partial charge in [-0.1, -0.05) is 74.6 Å². The van der Waals surface area contributed by atoms with E-state index in [0.717, 1.165) is 24.0 Å². The van der Waals surface area contributed by atoms with Crippen molar-refractivity contribution >= 4 is 17.5 Å². The number of hydrogen-bond donors (Lipinski definition) is 1. The van der Waals surface area contributed by atoms with Crippen molar-refractivity contribution in [1.82, 2.24) is 10.2 Å². The van der Waals surface area contributed by atoms with Crippen LogP contribution in [0.4, 0.5) is 5.69 Å². The molecule has 2 aromatic carbocycles. The van der Waals surface area contributed by atoms with Gasteiger partial charge in [0.25, 0.3) is 5.69 Å². The maximum Gasteiger partial charge on any atom is 0.269 e. The van der Waals surface area contributed by atoms with Crippen LogP contribution in [0.1, 0.15) is 62.6 Å². The number of piperazine rings is 1. The summed E-state index contributed by atoms with van der Waals surface area (Å²) in [7, 11) is 0. The van der Waals surface area contributed by atoms with Gasteiger partial charge in [-0.05, 0) is 30.4 Å². The number of rotatable bonds is 7. The molecule has 4 rings (SSSR count). The fourth-order valence-electron chi connectivity index (χ4n) is 5.23. The number of non-ortho nitro benzene ring substituents is 1. The van der Waals surface area contributed by atoms with Crippen LogP contribution in [0, 0.1) is 16.0 Å². The average molecular weight is 450 g/mol. The van der Waals surface area contributed by atoms with Gasteiger partial charge in [-0.15, -0.1) is 0 Å². The SMILES string of the molecule is CC(c1ccc([N+](=O)[O-])cc1)N1C(=O)[C@H](Cc2ccccc2)NC(=O)[C@@H]1CC1CCCCC1. The van der Waals surface area contributed by atoms with E-state index in [-0.39, 0.29) is 23.5 Å². The summed E-state index contributed by atoms with van der Waals surface area (Å²) >= 11 is 0. The molecule has 0 radical (unpaired) electrons. The number of hydrogen-bond acceptors (Lipinski definition) is 4. The van der Waals surface area contributed by atoms with Crippen LogP contribution in [0.3, 0.4) is 0 Å². The lowest BCUT2D eigenvalue weighted by molar-refractivity contribution is -0.384. The first-order valence-electron chi connectivity index (χ1n) is 11.8. The second kappa shape index (κ2) is 10.1. The van der Waals surface area contributed by atoms with E-state index in [1.54, 1.807) is 17.0 Å². The third kappa shape index (κ3) is 5.24. The predicted molar refractivity (Wildman–Crippen MR) is 125 cm³/mol. The van der Waals surface area contributed by atoms with Crippen molar-refractivity contribution in [3.05, 3.63) is 75.8 Å². The van der Waals surface area contributed by atoms with E-state index in [0.29, 0.717) is 18.8 Å². The maximum atomic E-state index is 13.7. The molecule has 3 atom stereocenters. The highest BCUT2D eigenvalue weighted by Gasteiger charge is 2.43. The quantitative estimate of drug-likeness (QED) is 0.495. The molecule has 0 aromatic heterocycles. The Hall–Kier alpha value is -3.22. The Morgan fingerprint density at radius 1 is 1.03 bits per heavy atom. The van der Waals surface area contributed by atoms with Crippen molar-refractivity contribution in [3.8, 4) is 0 Å². The van der Waals surface area contributed by atoms with E-state index in [2.05, 4.69) is 5.32 Å². The molecule has 0 spiro atoms. The molecule has 2 fully saturated rings. The molecule has 1 saturated heterocycles. The second-order valence-corrected chi connectivity index (χ2v) is 9.28. The Morgan fingerprint density at radius 2 is 1.70 bits per heavy atom. The van der Waals surface area contributed by atoms with Crippen LogP contribution in [0.5, 0.6) is 0 Å². The van der Waals surface area contributed by atoms with Crippen LogP contribution in [0.25, 0.3) is 0 Å². The van der Waals surface area contributed by atoms with Crippen molar-refractivity contribution in [2.24, 2.45) is 5.92 Å². The van der Waals surface area contributed by atoms with E-state index in [9.17, 15) is 19.7 Å². The molecule has 1 unspecified atom stereocenters. The molecular formula is C26H31N3O4. The van der Waals surface area contributed by atoms with Gasteiger partial charge >= 0.3 is 0 Å². The van der Waals surface area contributed by atoms with E-state index in [4.69, 9.17) is 0 Å². The number of carbonyl (C=O) groups is 2. The second-order valence-electron chi connectivity index (χ2n) is 9.28. The van der Waals surface area contributed by atoms with Crippen LogP contribution < -0.4 is 5.32 Å². The third-order valence-electron chi connectivity index (χ3n) is 7.08. The first-order chi connectivity index (χ1) is 15.9. The molecule has 1 aliphatic carbocycles. The van der Waals surface area contributed by atoms with Gasteiger partial charge in [-0.3, -0.25) is 19.7 Å². The average Bonchev–Trinajstić information content (AvgIpc) is 2.83. The van der Waals surface area contributed by atoms with Crippen molar-refractivity contribution in [2.45, 2.75) is 70.0 Å².